The van der Waals surface area contributed by atoms with Crippen LogP contribution in [0, 0.1) is 0 Å². The van der Waals surface area contributed by atoms with E-state index in [-0.39, 0.29) is 11.1 Å². The first-order valence-corrected chi connectivity index (χ1v) is 8.29. The van der Waals surface area contributed by atoms with Crippen molar-refractivity contribution in [1.29, 1.82) is 0 Å². The van der Waals surface area contributed by atoms with Crippen molar-refractivity contribution < 1.29 is 17.8 Å². The van der Waals surface area contributed by atoms with Gasteiger partial charge in [-0.1, -0.05) is 45.9 Å². The third-order valence-electron chi connectivity index (χ3n) is 2.71. The monoisotopic (exact) mass is 338 g/mol. The van der Waals surface area contributed by atoms with E-state index in [0.717, 1.165) is 21.6 Å². The van der Waals surface area contributed by atoms with Crippen LogP contribution >= 0.6 is 21.6 Å². The van der Waals surface area contributed by atoms with E-state index in [2.05, 4.69) is 0 Å². The molecular weight excluding hydrogens is 316 g/mol. The van der Waals surface area contributed by atoms with E-state index in [9.17, 15) is 9.59 Å². The van der Waals surface area contributed by atoms with Crippen LogP contribution in [0.2, 0.25) is 0 Å². The highest BCUT2D eigenvalue weighted by Crippen LogP contribution is 2.40. The van der Waals surface area contributed by atoms with E-state index in [1.165, 1.54) is 12.1 Å². The third kappa shape index (κ3) is 3.84. The van der Waals surface area contributed by atoms with Crippen molar-refractivity contribution in [1.82, 2.24) is 10.6 Å². The van der Waals surface area contributed by atoms with Crippen molar-refractivity contribution in [2.75, 3.05) is 14.0 Å². The van der Waals surface area contributed by atoms with Crippen LogP contribution in [0.25, 0.3) is 0 Å². The lowest BCUT2D eigenvalue weighted by Gasteiger charge is -2.09. The van der Waals surface area contributed by atoms with E-state index in [4.69, 9.17) is 8.22 Å². The molecule has 2 aromatic carbocycles. The molecule has 6 heteroatoms. The molecule has 2 aromatic rings. The van der Waals surface area contributed by atoms with Crippen molar-refractivity contribution >= 4 is 33.4 Å². The molecule has 0 saturated heterocycles. The lowest BCUT2D eigenvalue weighted by atomic mass is 10.2. The molecule has 0 bridgehead atoms. The highest BCUT2D eigenvalue weighted by atomic mass is 33.1. The summed E-state index contributed by atoms with van der Waals surface area (Å²) in [7, 11) is 2.31. The zero-order valence-corrected chi connectivity index (χ0v) is 12.9. The van der Waals surface area contributed by atoms with Crippen LogP contribution in [0.3, 0.4) is 0 Å². The van der Waals surface area contributed by atoms with Crippen LogP contribution in [0.4, 0.5) is 0 Å². The second-order valence-electron chi connectivity index (χ2n) is 4.07. The maximum Gasteiger partial charge on any atom is 0.252 e. The lowest BCUT2D eigenvalue weighted by Crippen LogP contribution is -2.18. The molecule has 0 aromatic heterocycles. The van der Waals surface area contributed by atoms with Crippen LogP contribution in [-0.4, -0.2) is 25.8 Å². The summed E-state index contributed by atoms with van der Waals surface area (Å²) in [6, 6.07) is 12.9. The number of hydrogen-bond donors (Lipinski definition) is 2. The van der Waals surface area contributed by atoms with Gasteiger partial charge < -0.3 is 10.6 Å². The van der Waals surface area contributed by atoms with Gasteiger partial charge in [-0.15, -0.1) is 0 Å². The first kappa shape index (κ1) is 9.97. The molecule has 22 heavy (non-hydrogen) atoms. The Morgan fingerprint density at radius 3 is 1.64 bits per heavy atom. The zero-order chi connectivity index (χ0) is 20.9. The van der Waals surface area contributed by atoms with Crippen molar-refractivity contribution in [3.63, 3.8) is 0 Å². The van der Waals surface area contributed by atoms with Crippen LogP contribution in [-0.2, 0) is 0 Å². The summed E-state index contributed by atoms with van der Waals surface area (Å²) in [5.74, 6) is -1.48. The first-order valence-electron chi connectivity index (χ1n) is 9.14. The maximum absolute atomic E-state index is 12.2. The van der Waals surface area contributed by atoms with E-state index in [0.29, 0.717) is 9.79 Å². The number of carbonyl (C=O) groups is 2. The highest BCUT2D eigenvalue weighted by Gasteiger charge is 2.13. The molecule has 114 valence electrons. The van der Waals surface area contributed by atoms with E-state index >= 15 is 0 Å². The molecule has 0 aliphatic carbocycles. The summed E-state index contributed by atoms with van der Waals surface area (Å²) >= 11 is 0. The second kappa shape index (κ2) is 7.91. The van der Waals surface area contributed by atoms with Gasteiger partial charge in [-0.05, 0) is 24.3 Å². The number of carbonyl (C=O) groups excluding carboxylic acids is 2. The third-order valence-corrected chi connectivity index (χ3v) is 5.19. The van der Waals surface area contributed by atoms with Gasteiger partial charge in [0.1, 0.15) is 0 Å². The molecule has 0 radical (unpaired) electrons. The topological polar surface area (TPSA) is 58.2 Å². The van der Waals surface area contributed by atoms with Crippen LogP contribution < -0.4 is 10.6 Å². The molecule has 0 aliphatic heterocycles. The minimum Gasteiger partial charge on any atom is -0.355 e. The average molecular weight is 338 g/mol. The molecule has 4 nitrogen and oxygen atoms in total. The summed E-state index contributed by atoms with van der Waals surface area (Å²) in [5.41, 5.74) is 0.362. The van der Waals surface area contributed by atoms with Gasteiger partial charge in [-0.2, -0.15) is 0 Å². The Morgan fingerprint density at radius 2 is 1.23 bits per heavy atom. The van der Waals surface area contributed by atoms with Gasteiger partial charge in [0.25, 0.3) is 11.8 Å². The van der Waals surface area contributed by atoms with Crippen molar-refractivity contribution in [2.45, 2.75) is 9.79 Å². The molecule has 2 amide bonds. The van der Waals surface area contributed by atoms with Gasteiger partial charge in [0.2, 0.25) is 0 Å². The fourth-order valence-corrected chi connectivity index (χ4v) is 4.04. The quantitative estimate of drug-likeness (QED) is 0.822. The van der Waals surface area contributed by atoms with Crippen LogP contribution in [0.5, 0.6) is 0 Å². The van der Waals surface area contributed by atoms with Gasteiger partial charge >= 0.3 is 0 Å². The summed E-state index contributed by atoms with van der Waals surface area (Å²) in [6.45, 7) is -5.22. The number of nitrogens with one attached hydrogen (secondary N) is 2. The summed E-state index contributed by atoms with van der Waals surface area (Å²) in [5, 5.41) is 3.88. The molecule has 2 N–H and O–H groups in total. The molecule has 0 spiro atoms. The predicted molar refractivity (Wildman–Crippen MR) is 91.4 cm³/mol. The zero-order valence-electron chi connectivity index (χ0n) is 17.3. The second-order valence-corrected chi connectivity index (χ2v) is 6.28. The Hall–Kier alpha value is -1.92. The molecule has 0 unspecified atom stereocenters. The van der Waals surface area contributed by atoms with Gasteiger partial charge in [-0.3, -0.25) is 9.59 Å². The molecule has 0 atom stereocenters. The Morgan fingerprint density at radius 1 is 0.818 bits per heavy atom. The van der Waals surface area contributed by atoms with E-state index in [1.807, 2.05) is 10.6 Å². The van der Waals surface area contributed by atoms with Crippen LogP contribution in [0.15, 0.2) is 58.3 Å². The van der Waals surface area contributed by atoms with Crippen molar-refractivity contribution in [3.8, 4) is 0 Å². The molecule has 0 fully saturated rings. The fourth-order valence-electron chi connectivity index (χ4n) is 1.68. The molecule has 0 saturated carbocycles. The Kier molecular flexibility index (Phi) is 3.58. The number of rotatable bonds is 5. The van der Waals surface area contributed by atoms with Gasteiger partial charge in [0, 0.05) is 32.0 Å². The first-order chi connectivity index (χ1) is 13.0. The SMILES string of the molecule is [2H]C([2H])([2H])NC(=O)c1ccccc1SSc1ccccc1C(=O)NC([2H])([2H])[2H]. The largest absolute Gasteiger partial charge is 0.355 e. The minimum atomic E-state index is -2.61. The molecule has 2 rings (SSSR count). The van der Waals surface area contributed by atoms with E-state index < -0.39 is 25.8 Å². The summed E-state index contributed by atoms with van der Waals surface area (Å²) < 4.78 is 43.0. The molecule has 0 heterocycles. The fraction of sp³-hybridized carbons (Fsp3) is 0.125. The van der Waals surface area contributed by atoms with Gasteiger partial charge in [-0.25, -0.2) is 0 Å². The van der Waals surface area contributed by atoms with Crippen molar-refractivity contribution in [3.05, 3.63) is 59.7 Å². The minimum absolute atomic E-state index is 0.181. The predicted octanol–water partition coefficient (Wildman–Crippen LogP) is 3.21. The number of hydrogen-bond acceptors (Lipinski definition) is 4. The summed E-state index contributed by atoms with van der Waals surface area (Å²) in [4.78, 5) is 25.4. The Labute approximate surface area is 145 Å². The Balaban J connectivity index is 2.20. The molecule has 0 aliphatic rings. The number of amides is 2. The lowest BCUT2D eigenvalue weighted by molar-refractivity contribution is 0.0952. The normalized spacial score (nSPS) is 15.3. The van der Waals surface area contributed by atoms with Gasteiger partial charge in [0.05, 0.1) is 11.1 Å². The Bertz CT molecular complexity index is 799. The average Bonchev–Trinajstić information content (AvgIpc) is 2.57. The van der Waals surface area contributed by atoms with Crippen LogP contribution in [0.1, 0.15) is 28.9 Å². The van der Waals surface area contributed by atoms with E-state index in [1.54, 1.807) is 36.4 Å². The summed E-state index contributed by atoms with van der Waals surface area (Å²) in [6.07, 6.45) is 0. The van der Waals surface area contributed by atoms with Gasteiger partial charge in [0.15, 0.2) is 0 Å². The maximum atomic E-state index is 12.2. The molecular formula is C16H16N2O2S2. The standard InChI is InChI=1S/C16H16N2O2S2/c1-17-15(19)11-7-3-5-9-13(11)21-22-14-10-6-4-8-12(14)16(20)18-2/h3-10H,1-2H3,(H,17,19)(H,18,20)/i1D3,2D3. The highest BCUT2D eigenvalue weighted by molar-refractivity contribution is 8.76. The van der Waals surface area contributed by atoms with Crippen molar-refractivity contribution in [2.24, 2.45) is 0 Å². The number of benzene rings is 2. The smallest absolute Gasteiger partial charge is 0.252 e.